The zero-order valence-corrected chi connectivity index (χ0v) is 16.8. The van der Waals surface area contributed by atoms with Gasteiger partial charge in [0.25, 0.3) is 0 Å². The molecule has 2 atom stereocenters. The highest BCUT2D eigenvalue weighted by atomic mass is 16.5. The Morgan fingerprint density at radius 3 is 2.29 bits per heavy atom. The maximum Gasteiger partial charge on any atom is 0.343 e. The van der Waals surface area contributed by atoms with Crippen LogP contribution in [0.25, 0.3) is 11.0 Å². The molecule has 8 heteroatoms. The van der Waals surface area contributed by atoms with Crippen LogP contribution in [0, 0.1) is 5.92 Å². The molecule has 1 aromatic heterocycles. The summed E-state index contributed by atoms with van der Waals surface area (Å²) in [4.78, 5) is 49.3. The van der Waals surface area contributed by atoms with Crippen LogP contribution in [0.15, 0.2) is 57.7 Å². The summed E-state index contributed by atoms with van der Waals surface area (Å²) in [7, 11) is 0. The van der Waals surface area contributed by atoms with Gasteiger partial charge in [-0.15, -0.1) is 0 Å². The third kappa shape index (κ3) is 4.18. The van der Waals surface area contributed by atoms with Gasteiger partial charge in [0.15, 0.2) is 0 Å². The fourth-order valence-electron chi connectivity index (χ4n) is 3.55. The van der Waals surface area contributed by atoms with E-state index in [9.17, 15) is 24.3 Å². The van der Waals surface area contributed by atoms with E-state index in [1.807, 2.05) is 0 Å². The molecule has 3 aromatic rings. The predicted molar refractivity (Wildman–Crippen MR) is 110 cm³/mol. The van der Waals surface area contributed by atoms with Crippen LogP contribution >= 0.6 is 0 Å². The summed E-state index contributed by atoms with van der Waals surface area (Å²) >= 11 is 0. The average Bonchev–Trinajstić information content (AvgIpc) is 2.73. The van der Waals surface area contributed by atoms with Crippen LogP contribution in [0.2, 0.25) is 0 Å². The highest BCUT2D eigenvalue weighted by Crippen LogP contribution is 2.39. The fourth-order valence-corrected chi connectivity index (χ4v) is 3.55. The van der Waals surface area contributed by atoms with Crippen LogP contribution in [0.3, 0.4) is 0 Å². The molecule has 0 saturated carbocycles. The van der Waals surface area contributed by atoms with E-state index in [4.69, 9.17) is 14.3 Å². The lowest BCUT2D eigenvalue weighted by atomic mass is 9.78. The van der Waals surface area contributed by atoms with Gasteiger partial charge in [-0.05, 0) is 43.7 Å². The number of aromatic hydroxyl groups is 1. The van der Waals surface area contributed by atoms with Crippen LogP contribution < -0.4 is 5.63 Å². The van der Waals surface area contributed by atoms with Gasteiger partial charge in [0.2, 0.25) is 0 Å². The van der Waals surface area contributed by atoms with E-state index in [1.54, 1.807) is 19.1 Å². The van der Waals surface area contributed by atoms with Gasteiger partial charge in [-0.3, -0.25) is 9.59 Å². The van der Waals surface area contributed by atoms with Gasteiger partial charge in [-0.2, -0.15) is 0 Å². The number of para-hydroxylation sites is 1. The van der Waals surface area contributed by atoms with Gasteiger partial charge in [0, 0.05) is 5.92 Å². The van der Waals surface area contributed by atoms with Crippen molar-refractivity contribution in [3.05, 3.63) is 75.6 Å². The highest BCUT2D eigenvalue weighted by molar-refractivity contribution is 6.00. The maximum absolute atomic E-state index is 12.9. The number of ketones is 1. The minimum Gasteiger partial charge on any atom is -0.507 e. The Kier molecular flexibility index (Phi) is 6.20. The van der Waals surface area contributed by atoms with Gasteiger partial charge in [-0.25, -0.2) is 9.59 Å². The average molecular weight is 424 g/mol. The molecule has 2 aromatic carbocycles. The number of aromatic carboxylic acids is 1. The molecule has 0 aliphatic rings. The summed E-state index contributed by atoms with van der Waals surface area (Å²) in [6.45, 7) is 2.76. The number of Topliss-reactive ketones (excluding diaryl/α,β-unsaturated/α-hetero) is 1. The topological polar surface area (TPSA) is 131 Å². The second kappa shape index (κ2) is 8.83. The van der Waals surface area contributed by atoms with Crippen molar-refractivity contribution in [2.24, 2.45) is 5.92 Å². The number of carbonyl (C=O) groups excluding carboxylic acids is 2. The molecule has 1 heterocycles. The number of fused-ring (bicyclic) bond motifs is 1. The van der Waals surface area contributed by atoms with Gasteiger partial charge < -0.3 is 19.4 Å². The highest BCUT2D eigenvalue weighted by Gasteiger charge is 2.39. The molecule has 2 unspecified atom stereocenters. The number of hydrogen-bond donors (Lipinski definition) is 2. The molecular weight excluding hydrogens is 404 g/mol. The molecule has 31 heavy (non-hydrogen) atoms. The molecule has 0 bridgehead atoms. The van der Waals surface area contributed by atoms with Gasteiger partial charge in [-0.1, -0.05) is 24.3 Å². The molecule has 0 spiro atoms. The molecule has 3 rings (SSSR count). The number of rotatable bonds is 7. The Balaban J connectivity index is 2.32. The molecule has 8 nitrogen and oxygen atoms in total. The molecule has 0 aliphatic carbocycles. The van der Waals surface area contributed by atoms with Crippen molar-refractivity contribution in [1.82, 2.24) is 0 Å². The molecule has 0 amide bonds. The monoisotopic (exact) mass is 424 g/mol. The lowest BCUT2D eigenvalue weighted by Gasteiger charge is -2.24. The molecule has 2 N–H and O–H groups in total. The summed E-state index contributed by atoms with van der Waals surface area (Å²) in [5, 5.41) is 20.3. The maximum atomic E-state index is 12.9. The largest absolute Gasteiger partial charge is 0.507 e. The second-order valence-corrected chi connectivity index (χ2v) is 6.89. The van der Waals surface area contributed by atoms with Crippen LogP contribution in [-0.4, -0.2) is 34.5 Å². The zero-order chi connectivity index (χ0) is 22.7. The summed E-state index contributed by atoms with van der Waals surface area (Å²) in [6.07, 6.45) is 0. The first-order valence-electron chi connectivity index (χ1n) is 9.51. The number of esters is 1. The van der Waals surface area contributed by atoms with Crippen molar-refractivity contribution in [2.75, 3.05) is 6.61 Å². The Labute approximate surface area is 176 Å². The minimum absolute atomic E-state index is 0.00555. The van der Waals surface area contributed by atoms with Crippen molar-refractivity contribution < 1.29 is 33.8 Å². The number of ether oxygens (including phenoxy) is 1. The molecule has 160 valence electrons. The van der Waals surface area contributed by atoms with Gasteiger partial charge >= 0.3 is 17.6 Å². The normalized spacial score (nSPS) is 12.8. The number of carboxylic acid groups (broad SMARTS) is 1. The quantitative estimate of drug-likeness (QED) is 0.336. The van der Waals surface area contributed by atoms with E-state index < -0.39 is 40.9 Å². The third-order valence-corrected chi connectivity index (χ3v) is 4.96. The van der Waals surface area contributed by atoms with E-state index in [1.165, 1.54) is 43.3 Å². The van der Waals surface area contributed by atoms with Gasteiger partial charge in [0.05, 0.1) is 23.1 Å². The summed E-state index contributed by atoms with van der Waals surface area (Å²) in [6, 6.07) is 11.6. The lowest BCUT2D eigenvalue weighted by Crippen LogP contribution is -2.33. The SMILES string of the molecule is CCOC(=O)C(C(C)=O)C(c1ccc(C(=O)O)cc1)c1c(O)c2ccccc2oc1=O. The molecule has 0 aliphatic heterocycles. The molecular formula is C23H20O8. The van der Waals surface area contributed by atoms with Crippen molar-refractivity contribution in [1.29, 1.82) is 0 Å². The van der Waals surface area contributed by atoms with Gasteiger partial charge in [0.1, 0.15) is 23.0 Å². The smallest absolute Gasteiger partial charge is 0.343 e. The lowest BCUT2D eigenvalue weighted by molar-refractivity contribution is -0.151. The van der Waals surface area contributed by atoms with E-state index in [2.05, 4.69) is 0 Å². The van der Waals surface area contributed by atoms with Crippen molar-refractivity contribution in [3.8, 4) is 5.75 Å². The summed E-state index contributed by atoms with van der Waals surface area (Å²) < 4.78 is 10.4. The minimum atomic E-state index is -1.45. The molecule has 0 radical (unpaired) electrons. The van der Waals surface area contributed by atoms with Crippen molar-refractivity contribution >= 4 is 28.7 Å². The zero-order valence-electron chi connectivity index (χ0n) is 16.8. The van der Waals surface area contributed by atoms with E-state index >= 15 is 0 Å². The van der Waals surface area contributed by atoms with E-state index in [0.29, 0.717) is 0 Å². The summed E-state index contributed by atoms with van der Waals surface area (Å²) in [5.74, 6) is -5.74. The predicted octanol–water partition coefficient (Wildman–Crippen LogP) is 3.10. The number of carbonyl (C=O) groups is 3. The first-order chi connectivity index (χ1) is 14.8. The Morgan fingerprint density at radius 1 is 1.06 bits per heavy atom. The molecule has 0 fully saturated rings. The van der Waals surface area contributed by atoms with E-state index in [-0.39, 0.29) is 34.3 Å². The van der Waals surface area contributed by atoms with Crippen molar-refractivity contribution in [3.63, 3.8) is 0 Å². The Bertz CT molecular complexity index is 1210. The number of carboxylic acids is 1. The summed E-state index contributed by atoms with van der Waals surface area (Å²) in [5.41, 5.74) is -0.803. The first kappa shape index (κ1) is 21.8. The van der Waals surface area contributed by atoms with E-state index in [0.717, 1.165) is 0 Å². The second-order valence-electron chi connectivity index (χ2n) is 6.89. The first-order valence-corrected chi connectivity index (χ1v) is 9.51. The number of benzene rings is 2. The number of hydrogen-bond acceptors (Lipinski definition) is 7. The molecule has 0 saturated heterocycles. The standard InChI is InChI=1S/C23H20O8/c1-3-30-22(28)17(12(2)24)18(13-8-10-14(11-9-13)21(26)27)19-20(25)15-6-4-5-7-16(15)31-23(19)29/h4-11,17-18,25H,3H2,1-2H3,(H,26,27). The van der Waals surface area contributed by atoms with Crippen LogP contribution in [0.4, 0.5) is 0 Å². The fraction of sp³-hybridized carbons (Fsp3) is 0.217. The van der Waals surface area contributed by atoms with Crippen LogP contribution in [0.5, 0.6) is 5.75 Å². The third-order valence-electron chi connectivity index (χ3n) is 4.96. The van der Waals surface area contributed by atoms with Crippen LogP contribution in [-0.2, 0) is 14.3 Å². The van der Waals surface area contributed by atoms with Crippen molar-refractivity contribution in [2.45, 2.75) is 19.8 Å². The Morgan fingerprint density at radius 2 is 1.71 bits per heavy atom. The Hall–Kier alpha value is -3.94. The van der Waals surface area contributed by atoms with Crippen LogP contribution in [0.1, 0.15) is 41.3 Å².